The summed E-state index contributed by atoms with van der Waals surface area (Å²) in [5.74, 6) is -9.34. The summed E-state index contributed by atoms with van der Waals surface area (Å²) >= 11 is 0. The summed E-state index contributed by atoms with van der Waals surface area (Å²) < 4.78 is 47.5. The van der Waals surface area contributed by atoms with Crippen LogP contribution in [0.25, 0.3) is 0 Å². The van der Waals surface area contributed by atoms with Crippen molar-refractivity contribution < 1.29 is 81.7 Å². The lowest BCUT2D eigenvalue weighted by Crippen LogP contribution is -2.89. The van der Waals surface area contributed by atoms with E-state index in [1.807, 2.05) is 0 Å². The van der Waals surface area contributed by atoms with E-state index in [0.29, 0.717) is 0 Å². The fraction of sp³-hybridized carbons (Fsp3) is 0.667. The monoisotopic (exact) mass is 763 g/mol. The molecule has 2 saturated carbocycles. The topological polar surface area (TPSA) is 247 Å². The molecule has 18 heteroatoms. The molecule has 0 aromatic carbocycles. The quantitative estimate of drug-likeness (QED) is 0.292. The summed E-state index contributed by atoms with van der Waals surface area (Å²) in [6.45, 7) is 7.22. The lowest BCUT2D eigenvalue weighted by molar-refractivity contribution is -0.386. The number of aliphatic hydroxyl groups is 2. The molecular formula is C36H45NO17. The van der Waals surface area contributed by atoms with Crippen LogP contribution in [0.4, 0.5) is 0 Å². The number of ether oxygens (including phenoxy) is 8. The summed E-state index contributed by atoms with van der Waals surface area (Å²) in [5.41, 5.74) is -9.71. The molecule has 1 aromatic rings. The number of carbonyl (C=O) groups excluding carboxylic acids is 7. The number of aryl methyl sites for hydroxylation is 1. The molecule has 1 saturated heterocycles. The summed E-state index contributed by atoms with van der Waals surface area (Å²) in [4.78, 5) is 96.5. The van der Waals surface area contributed by atoms with E-state index in [1.165, 1.54) is 32.2 Å². The molecule has 3 fully saturated rings. The number of aromatic nitrogens is 1. The van der Waals surface area contributed by atoms with Crippen molar-refractivity contribution in [3.63, 3.8) is 0 Å². The Morgan fingerprint density at radius 1 is 0.889 bits per heavy atom. The Kier molecular flexibility index (Phi) is 10.9. The Balaban J connectivity index is 1.93. The van der Waals surface area contributed by atoms with Gasteiger partial charge in [0.25, 0.3) is 0 Å². The van der Waals surface area contributed by atoms with Gasteiger partial charge in [0, 0.05) is 40.8 Å². The standard InChI is InChI=1S/C36H45NO17/c1-16-11-12-23-22(10-9-13-37-23)32(45)48-14-33(7)24-25(49-18(3)39)29(51-20(5)41)35(15-47-17(2)38)30(52-21(6)42)26(50-19(4)40)28(53-31(16)44)34(8,46)36(35,54-33)27(24)43/h9-10,13,16,24-30,43,46H,11-12,14-15H2,1-8H3/t16?,24-,25-,26+,27-,28+,29-,30+,33+,34+,35-,36+/m1/s1. The predicted octanol–water partition coefficient (Wildman–Crippen LogP) is 0.292. The van der Waals surface area contributed by atoms with E-state index in [4.69, 9.17) is 37.9 Å². The molecule has 5 rings (SSSR count). The zero-order chi connectivity index (χ0) is 40.1. The molecule has 296 valence electrons. The number of fused-ring (bicyclic) bond motifs is 5. The number of rotatable bonds is 6. The molecule has 2 aliphatic carbocycles. The first-order chi connectivity index (χ1) is 25.1. The Labute approximate surface area is 310 Å². The third kappa shape index (κ3) is 6.46. The first kappa shape index (κ1) is 40.5. The number of carbonyl (C=O) groups is 7. The Morgan fingerprint density at radius 3 is 2.04 bits per heavy atom. The molecule has 1 spiro atoms. The highest BCUT2D eigenvalue weighted by Gasteiger charge is 2.90. The van der Waals surface area contributed by atoms with Gasteiger partial charge in [-0.25, -0.2) is 4.79 Å². The highest BCUT2D eigenvalue weighted by molar-refractivity contribution is 5.90. The second-order valence-electron chi connectivity index (χ2n) is 14.7. The third-order valence-corrected chi connectivity index (χ3v) is 10.9. The summed E-state index contributed by atoms with van der Waals surface area (Å²) in [5, 5.41) is 25.8. The fourth-order valence-electron chi connectivity index (χ4n) is 8.87. The lowest BCUT2D eigenvalue weighted by Gasteiger charge is -2.67. The molecule has 0 amide bonds. The van der Waals surface area contributed by atoms with Crippen LogP contribution in [0.15, 0.2) is 18.3 Å². The minimum absolute atomic E-state index is 0.0466. The number of pyridine rings is 1. The van der Waals surface area contributed by atoms with Gasteiger partial charge in [-0.3, -0.25) is 33.8 Å². The summed E-state index contributed by atoms with van der Waals surface area (Å²) in [7, 11) is 0. The van der Waals surface area contributed by atoms with Gasteiger partial charge in [0.05, 0.1) is 29.2 Å². The van der Waals surface area contributed by atoms with Crippen LogP contribution in [0.3, 0.4) is 0 Å². The fourth-order valence-corrected chi connectivity index (χ4v) is 8.87. The Bertz CT molecular complexity index is 1730. The van der Waals surface area contributed by atoms with Crippen LogP contribution in [0.5, 0.6) is 0 Å². The number of nitrogens with zero attached hydrogens (tertiary/aromatic N) is 1. The molecule has 54 heavy (non-hydrogen) atoms. The van der Waals surface area contributed by atoms with Crippen molar-refractivity contribution in [2.75, 3.05) is 13.2 Å². The number of hydrogen-bond acceptors (Lipinski definition) is 18. The second-order valence-corrected chi connectivity index (χ2v) is 14.7. The minimum Gasteiger partial charge on any atom is -0.465 e. The average Bonchev–Trinajstić information content (AvgIpc) is 3.27. The first-order valence-corrected chi connectivity index (χ1v) is 17.4. The van der Waals surface area contributed by atoms with Crippen LogP contribution in [0.2, 0.25) is 0 Å². The van der Waals surface area contributed by atoms with Crippen molar-refractivity contribution >= 4 is 41.8 Å². The first-order valence-electron chi connectivity index (χ1n) is 17.4. The van der Waals surface area contributed by atoms with Crippen LogP contribution in [0, 0.1) is 17.3 Å². The van der Waals surface area contributed by atoms with Crippen LogP contribution < -0.4 is 0 Å². The highest BCUT2D eigenvalue weighted by atomic mass is 16.7. The molecule has 2 N–H and O–H groups in total. The van der Waals surface area contributed by atoms with E-state index in [2.05, 4.69) is 4.98 Å². The molecule has 12 atom stereocenters. The smallest absolute Gasteiger partial charge is 0.340 e. The zero-order valence-electron chi connectivity index (χ0n) is 31.1. The van der Waals surface area contributed by atoms with E-state index in [9.17, 15) is 43.8 Å². The van der Waals surface area contributed by atoms with Crippen molar-refractivity contribution in [2.24, 2.45) is 17.3 Å². The van der Waals surface area contributed by atoms with Gasteiger partial charge < -0.3 is 48.1 Å². The SMILES string of the molecule is CC(=O)OC[C@]12[C@H](OC(C)=O)[C@H](OC(C)=O)[C@@H]3[C@@H](O)[C@@]14O[C@@]3(C)COC(=O)c1cccnc1CCC(C)C(=O)O[C@@H]([C@H](OC(C)=O)[C@@H]2OC(C)=O)[C@]4(C)O. The van der Waals surface area contributed by atoms with Gasteiger partial charge in [-0.2, -0.15) is 0 Å². The Morgan fingerprint density at radius 2 is 1.46 bits per heavy atom. The predicted molar refractivity (Wildman–Crippen MR) is 176 cm³/mol. The van der Waals surface area contributed by atoms with Crippen LogP contribution >= 0.6 is 0 Å². The molecule has 2 aliphatic heterocycles. The zero-order valence-corrected chi connectivity index (χ0v) is 31.1. The van der Waals surface area contributed by atoms with Gasteiger partial charge in [0.2, 0.25) is 0 Å². The number of cyclic esters (lactones) is 1. The molecular weight excluding hydrogens is 718 g/mol. The molecule has 3 heterocycles. The van der Waals surface area contributed by atoms with Gasteiger partial charge in [0.1, 0.15) is 41.5 Å². The highest BCUT2D eigenvalue weighted by Crippen LogP contribution is 2.69. The Hall–Kier alpha value is -4.68. The average molecular weight is 764 g/mol. The van der Waals surface area contributed by atoms with Crippen LogP contribution in [0.1, 0.15) is 77.9 Å². The minimum atomic E-state index is -2.76. The van der Waals surface area contributed by atoms with Crippen LogP contribution in [-0.4, -0.2) is 124 Å². The lowest BCUT2D eigenvalue weighted by atomic mass is 9.45. The molecule has 1 unspecified atom stereocenters. The van der Waals surface area contributed by atoms with Crippen molar-refractivity contribution in [3.05, 3.63) is 29.6 Å². The van der Waals surface area contributed by atoms with Gasteiger partial charge in [-0.1, -0.05) is 6.92 Å². The largest absolute Gasteiger partial charge is 0.465 e. The number of aliphatic hydroxyl groups excluding tert-OH is 1. The van der Waals surface area contributed by atoms with E-state index in [1.54, 1.807) is 0 Å². The van der Waals surface area contributed by atoms with E-state index >= 15 is 0 Å². The van der Waals surface area contributed by atoms with E-state index in [-0.39, 0.29) is 24.1 Å². The van der Waals surface area contributed by atoms with Crippen molar-refractivity contribution in [2.45, 2.75) is 122 Å². The van der Waals surface area contributed by atoms with Crippen LogP contribution in [-0.2, 0) is 73.1 Å². The normalized spacial score (nSPS) is 38.6. The summed E-state index contributed by atoms with van der Waals surface area (Å²) in [6.07, 6.45) is -10.3. The number of hydrogen-bond donors (Lipinski definition) is 2. The van der Waals surface area contributed by atoms with Gasteiger partial charge >= 0.3 is 41.8 Å². The maximum Gasteiger partial charge on any atom is 0.340 e. The maximum absolute atomic E-state index is 14.0. The van der Waals surface area contributed by atoms with Gasteiger partial charge in [0.15, 0.2) is 24.4 Å². The van der Waals surface area contributed by atoms with Crippen molar-refractivity contribution in [1.82, 2.24) is 4.98 Å². The maximum atomic E-state index is 14.0. The molecule has 4 bridgehead atoms. The number of esters is 7. The van der Waals surface area contributed by atoms with Gasteiger partial charge in [-0.15, -0.1) is 0 Å². The molecule has 1 aromatic heterocycles. The molecule has 4 aliphatic rings. The van der Waals surface area contributed by atoms with E-state index in [0.717, 1.165) is 41.5 Å². The molecule has 18 nitrogen and oxygen atoms in total. The van der Waals surface area contributed by atoms with Gasteiger partial charge in [-0.05, 0) is 38.8 Å². The van der Waals surface area contributed by atoms with E-state index < -0.39 is 126 Å². The second kappa shape index (κ2) is 14.5. The third-order valence-electron chi connectivity index (χ3n) is 10.9. The van der Waals surface area contributed by atoms with Crippen molar-refractivity contribution in [1.29, 1.82) is 0 Å². The summed E-state index contributed by atoms with van der Waals surface area (Å²) in [6, 6.07) is 2.97. The molecule has 0 radical (unpaired) electrons. The van der Waals surface area contributed by atoms with Crippen molar-refractivity contribution in [3.8, 4) is 0 Å².